The zero-order valence-electron chi connectivity index (χ0n) is 9.46. The van der Waals surface area contributed by atoms with E-state index in [0.717, 1.165) is 0 Å². The van der Waals surface area contributed by atoms with Crippen LogP contribution in [0.15, 0.2) is 4.60 Å². The summed E-state index contributed by atoms with van der Waals surface area (Å²) in [7, 11) is 1.60. The van der Waals surface area contributed by atoms with E-state index in [4.69, 9.17) is 5.73 Å². The fraction of sp³-hybridized carbons (Fsp3) is 0.250. The van der Waals surface area contributed by atoms with Crippen LogP contribution in [0.2, 0.25) is 0 Å². The van der Waals surface area contributed by atoms with Crippen molar-refractivity contribution in [1.82, 2.24) is 25.0 Å². The average molecular weight is 314 g/mol. The second kappa shape index (κ2) is 4.29. The molecule has 0 aromatic carbocycles. The van der Waals surface area contributed by atoms with Crippen molar-refractivity contribution in [3.8, 4) is 11.4 Å². The molecule has 0 aliphatic carbocycles. The van der Waals surface area contributed by atoms with Crippen LogP contribution in [0.4, 0.5) is 11.6 Å². The van der Waals surface area contributed by atoms with Crippen molar-refractivity contribution in [2.24, 2.45) is 7.05 Å². The van der Waals surface area contributed by atoms with Gasteiger partial charge in [-0.1, -0.05) is 5.21 Å². The lowest BCUT2D eigenvalue weighted by molar-refractivity contribution is -0.385. The molecule has 0 radical (unpaired) electrons. The third-order valence-electron chi connectivity index (χ3n) is 2.27. The molecule has 2 heterocycles. The van der Waals surface area contributed by atoms with Gasteiger partial charge in [0.1, 0.15) is 11.4 Å². The maximum Gasteiger partial charge on any atom is 0.318 e. The van der Waals surface area contributed by atoms with Crippen LogP contribution in [0.5, 0.6) is 0 Å². The summed E-state index contributed by atoms with van der Waals surface area (Å²) in [5.74, 6) is -0.0406. The second-order valence-electron chi connectivity index (χ2n) is 3.47. The molecule has 0 atom stereocenters. The normalized spacial score (nSPS) is 10.6. The fourth-order valence-electron chi connectivity index (χ4n) is 1.56. The number of rotatable bonds is 2. The standard InChI is InChI=1S/C8H8BrN7O2/c1-3-5(16(17)18)4(12-8(10)11-3)6-7(9)13-14-15(6)2/h1-2H3,(H2,10,11,12). The van der Waals surface area contributed by atoms with E-state index >= 15 is 0 Å². The summed E-state index contributed by atoms with van der Waals surface area (Å²) >= 11 is 3.17. The van der Waals surface area contributed by atoms with Crippen LogP contribution in [-0.4, -0.2) is 29.9 Å². The van der Waals surface area contributed by atoms with Crippen molar-refractivity contribution in [1.29, 1.82) is 0 Å². The molecule has 0 aliphatic rings. The van der Waals surface area contributed by atoms with Gasteiger partial charge in [-0.3, -0.25) is 10.1 Å². The number of anilines is 1. The van der Waals surface area contributed by atoms with Gasteiger partial charge in [-0.05, 0) is 22.9 Å². The van der Waals surface area contributed by atoms with Crippen LogP contribution in [0, 0.1) is 17.0 Å². The molecule has 0 aliphatic heterocycles. The largest absolute Gasteiger partial charge is 0.368 e. The minimum atomic E-state index is -0.552. The van der Waals surface area contributed by atoms with Gasteiger partial charge >= 0.3 is 5.69 Å². The number of hydrogen-bond donors (Lipinski definition) is 1. The molecule has 0 amide bonds. The lowest BCUT2D eigenvalue weighted by Gasteiger charge is -2.05. The molecule has 0 unspecified atom stereocenters. The molecule has 0 fully saturated rings. The zero-order valence-corrected chi connectivity index (χ0v) is 11.0. The van der Waals surface area contributed by atoms with Crippen LogP contribution >= 0.6 is 15.9 Å². The molecule has 0 spiro atoms. The molecule has 2 N–H and O–H groups in total. The van der Waals surface area contributed by atoms with Gasteiger partial charge in [-0.25, -0.2) is 14.6 Å². The van der Waals surface area contributed by atoms with Crippen molar-refractivity contribution in [2.45, 2.75) is 6.92 Å². The van der Waals surface area contributed by atoms with E-state index in [2.05, 4.69) is 36.2 Å². The molecule has 2 aromatic rings. The number of nitrogens with zero attached hydrogens (tertiary/aromatic N) is 6. The number of aromatic nitrogens is 5. The molecular weight excluding hydrogens is 306 g/mol. The first kappa shape index (κ1) is 12.4. The van der Waals surface area contributed by atoms with Crippen LogP contribution in [0.1, 0.15) is 5.69 Å². The molecule has 9 nitrogen and oxygen atoms in total. The van der Waals surface area contributed by atoms with E-state index in [1.54, 1.807) is 7.05 Å². The first-order valence-electron chi connectivity index (χ1n) is 4.76. The molecular formula is C8H8BrN7O2. The number of nitrogen functional groups attached to an aromatic ring is 1. The molecule has 0 bridgehead atoms. The Morgan fingerprint density at radius 3 is 2.61 bits per heavy atom. The Bertz CT molecular complexity index is 619. The van der Waals surface area contributed by atoms with Gasteiger partial charge in [-0.15, -0.1) is 5.10 Å². The Hall–Kier alpha value is -2.10. The highest BCUT2D eigenvalue weighted by Crippen LogP contribution is 2.33. The number of halogens is 1. The first-order chi connectivity index (χ1) is 8.41. The Morgan fingerprint density at radius 1 is 1.44 bits per heavy atom. The van der Waals surface area contributed by atoms with E-state index in [9.17, 15) is 10.1 Å². The average Bonchev–Trinajstić information content (AvgIpc) is 2.56. The first-order valence-corrected chi connectivity index (χ1v) is 5.55. The molecule has 0 saturated carbocycles. The summed E-state index contributed by atoms with van der Waals surface area (Å²) < 4.78 is 1.73. The number of nitrogens with two attached hydrogens (primary N) is 1. The Labute approximate surface area is 109 Å². The van der Waals surface area contributed by atoms with Gasteiger partial charge < -0.3 is 5.73 Å². The van der Waals surface area contributed by atoms with Gasteiger partial charge in [0.05, 0.1) is 4.92 Å². The summed E-state index contributed by atoms with van der Waals surface area (Å²) in [6.07, 6.45) is 0. The van der Waals surface area contributed by atoms with Crippen LogP contribution < -0.4 is 5.73 Å². The molecule has 10 heteroatoms. The smallest absolute Gasteiger partial charge is 0.318 e. The molecule has 0 saturated heterocycles. The lowest BCUT2D eigenvalue weighted by Crippen LogP contribution is -2.07. The second-order valence-corrected chi connectivity index (χ2v) is 4.23. The van der Waals surface area contributed by atoms with Crippen molar-refractivity contribution in [2.75, 3.05) is 5.73 Å². The van der Waals surface area contributed by atoms with E-state index in [1.165, 1.54) is 11.6 Å². The predicted octanol–water partition coefficient (Wildman–Crippen LogP) is 0.833. The zero-order chi connectivity index (χ0) is 13.4. The maximum atomic E-state index is 11.1. The summed E-state index contributed by atoms with van der Waals surface area (Å²) in [6.45, 7) is 1.50. The monoisotopic (exact) mass is 313 g/mol. The van der Waals surface area contributed by atoms with Crippen LogP contribution in [0.3, 0.4) is 0 Å². The number of nitro groups is 1. The SMILES string of the molecule is Cc1nc(N)nc(-c2c(Br)nnn2C)c1[N+](=O)[O-]. The highest BCUT2D eigenvalue weighted by atomic mass is 79.9. The number of hydrogen-bond acceptors (Lipinski definition) is 7. The molecule has 2 aromatic heterocycles. The Kier molecular flexibility index (Phi) is 2.95. The van der Waals surface area contributed by atoms with Gasteiger partial charge in [0.2, 0.25) is 5.95 Å². The van der Waals surface area contributed by atoms with Gasteiger partial charge in [0, 0.05) is 7.05 Å². The van der Waals surface area contributed by atoms with Crippen molar-refractivity contribution in [3.05, 3.63) is 20.4 Å². The topological polar surface area (TPSA) is 126 Å². The summed E-state index contributed by atoms with van der Waals surface area (Å²) in [6, 6.07) is 0. The quantitative estimate of drug-likeness (QED) is 0.642. The van der Waals surface area contributed by atoms with Crippen LogP contribution in [0.25, 0.3) is 11.4 Å². The van der Waals surface area contributed by atoms with Gasteiger partial charge in [-0.2, -0.15) is 0 Å². The third-order valence-corrected chi connectivity index (χ3v) is 2.80. The van der Waals surface area contributed by atoms with Crippen molar-refractivity contribution >= 4 is 27.6 Å². The van der Waals surface area contributed by atoms with E-state index in [0.29, 0.717) is 10.3 Å². The summed E-state index contributed by atoms with van der Waals surface area (Å²) in [4.78, 5) is 18.2. The van der Waals surface area contributed by atoms with E-state index in [1.807, 2.05) is 0 Å². The van der Waals surface area contributed by atoms with E-state index < -0.39 is 4.92 Å². The van der Waals surface area contributed by atoms with E-state index in [-0.39, 0.29) is 23.0 Å². The highest BCUT2D eigenvalue weighted by molar-refractivity contribution is 9.10. The summed E-state index contributed by atoms with van der Waals surface area (Å²) in [5.41, 5.74) is 5.96. The van der Waals surface area contributed by atoms with Gasteiger partial charge in [0.25, 0.3) is 0 Å². The molecule has 18 heavy (non-hydrogen) atoms. The van der Waals surface area contributed by atoms with Crippen molar-refractivity contribution < 1.29 is 4.92 Å². The molecule has 2 rings (SSSR count). The molecule has 94 valence electrons. The minimum Gasteiger partial charge on any atom is -0.368 e. The maximum absolute atomic E-state index is 11.1. The minimum absolute atomic E-state index is 0.0406. The Morgan fingerprint density at radius 2 is 2.11 bits per heavy atom. The summed E-state index contributed by atoms with van der Waals surface area (Å²) in [5, 5.41) is 18.6. The fourth-order valence-corrected chi connectivity index (χ4v) is 2.07. The third kappa shape index (κ3) is 1.90. The van der Waals surface area contributed by atoms with Gasteiger partial charge in [0.15, 0.2) is 10.3 Å². The lowest BCUT2D eigenvalue weighted by atomic mass is 10.2. The highest BCUT2D eigenvalue weighted by Gasteiger charge is 2.27. The Balaban J connectivity index is 2.82. The van der Waals surface area contributed by atoms with Crippen molar-refractivity contribution in [3.63, 3.8) is 0 Å². The predicted molar refractivity (Wildman–Crippen MR) is 65.5 cm³/mol. The van der Waals surface area contributed by atoms with Crippen LogP contribution in [-0.2, 0) is 7.05 Å². The number of aryl methyl sites for hydroxylation is 2.